The maximum Gasteiger partial charge on any atom is 0.223 e. The van der Waals surface area contributed by atoms with E-state index >= 15 is 0 Å². The molecule has 0 aromatic heterocycles. The molecule has 0 aliphatic carbocycles. The molecule has 108 valence electrons. The third-order valence-corrected chi connectivity index (χ3v) is 9.62. The summed E-state index contributed by atoms with van der Waals surface area (Å²) in [6, 6.07) is 0. The molecule has 2 aliphatic rings. The van der Waals surface area contributed by atoms with Crippen molar-refractivity contribution in [2.45, 2.75) is 63.7 Å². The van der Waals surface area contributed by atoms with Gasteiger partial charge in [-0.25, -0.2) is 0 Å². The number of hydrogen-bond donors (Lipinski definition) is 0. The molecular formula is C15H27NO2Si. The van der Waals surface area contributed by atoms with Crippen molar-refractivity contribution in [3.63, 3.8) is 0 Å². The molecule has 0 saturated carbocycles. The van der Waals surface area contributed by atoms with E-state index < -0.39 is 8.32 Å². The van der Waals surface area contributed by atoms with Crippen molar-refractivity contribution in [2.24, 2.45) is 0 Å². The summed E-state index contributed by atoms with van der Waals surface area (Å²) in [5.41, 5.74) is 1.09. The molecule has 2 aliphatic heterocycles. The number of rotatable bonds is 3. The van der Waals surface area contributed by atoms with Crippen LogP contribution < -0.4 is 0 Å². The Balaban J connectivity index is 2.10. The number of carbonyl (C=O) groups is 1. The van der Waals surface area contributed by atoms with Crippen LogP contribution >= 0.6 is 0 Å². The molecule has 0 aromatic rings. The van der Waals surface area contributed by atoms with Gasteiger partial charge in [0.2, 0.25) is 5.91 Å². The van der Waals surface area contributed by atoms with Crippen LogP contribution in [0, 0.1) is 0 Å². The highest BCUT2D eigenvalue weighted by atomic mass is 28.4. The largest absolute Gasteiger partial charge is 0.414 e. The Bertz CT molecular complexity index is 411. The summed E-state index contributed by atoms with van der Waals surface area (Å²) in [5.74, 6) is 0.275. The minimum absolute atomic E-state index is 0.0797. The van der Waals surface area contributed by atoms with Gasteiger partial charge in [0, 0.05) is 13.0 Å². The van der Waals surface area contributed by atoms with Crippen LogP contribution in [-0.2, 0) is 9.22 Å². The van der Waals surface area contributed by atoms with E-state index in [-0.39, 0.29) is 16.5 Å². The fourth-order valence-electron chi connectivity index (χ4n) is 2.79. The van der Waals surface area contributed by atoms with E-state index in [0.29, 0.717) is 13.0 Å². The molecule has 3 nitrogen and oxygen atoms in total. The summed E-state index contributed by atoms with van der Waals surface area (Å²) in [6.45, 7) is 16.8. The molecule has 2 rings (SSSR count). The summed E-state index contributed by atoms with van der Waals surface area (Å²) in [7, 11) is -1.75. The molecule has 2 fully saturated rings. The Morgan fingerprint density at radius 3 is 2.63 bits per heavy atom. The first-order valence-electron chi connectivity index (χ1n) is 7.19. The van der Waals surface area contributed by atoms with Crippen LogP contribution in [0.1, 0.15) is 40.0 Å². The van der Waals surface area contributed by atoms with Crippen molar-refractivity contribution in [2.75, 3.05) is 13.2 Å². The third-order valence-electron chi connectivity index (χ3n) is 5.15. The zero-order chi connectivity index (χ0) is 14.5. The van der Waals surface area contributed by atoms with E-state index in [1.807, 2.05) is 4.90 Å². The fraction of sp³-hybridized carbons (Fsp3) is 0.800. The van der Waals surface area contributed by atoms with Crippen molar-refractivity contribution in [3.8, 4) is 0 Å². The SMILES string of the molecule is C=C1CN2C(=O)CC[C@@]2(CO[Si](C)(C)C(C)(C)C)C1. The topological polar surface area (TPSA) is 29.5 Å². The van der Waals surface area contributed by atoms with Crippen LogP contribution in [0.25, 0.3) is 0 Å². The average Bonchev–Trinajstić information content (AvgIpc) is 2.73. The molecule has 0 radical (unpaired) electrons. The zero-order valence-electron chi connectivity index (χ0n) is 13.0. The molecule has 0 unspecified atom stereocenters. The van der Waals surface area contributed by atoms with Crippen LogP contribution in [0.4, 0.5) is 0 Å². The van der Waals surface area contributed by atoms with E-state index in [2.05, 4.69) is 40.4 Å². The molecule has 4 heteroatoms. The Kier molecular flexibility index (Phi) is 3.46. The van der Waals surface area contributed by atoms with E-state index in [9.17, 15) is 4.79 Å². The summed E-state index contributed by atoms with van der Waals surface area (Å²) in [4.78, 5) is 14.0. The van der Waals surface area contributed by atoms with E-state index in [4.69, 9.17) is 4.43 Å². The van der Waals surface area contributed by atoms with Gasteiger partial charge in [0.1, 0.15) is 0 Å². The second-order valence-corrected chi connectivity index (χ2v) is 12.5. The molecule has 0 N–H and O–H groups in total. The second kappa shape index (κ2) is 4.45. The summed E-state index contributed by atoms with van der Waals surface area (Å²) in [6.07, 6.45) is 2.53. The number of fused-ring (bicyclic) bond motifs is 1. The van der Waals surface area contributed by atoms with Crippen LogP contribution in [-0.4, -0.2) is 37.8 Å². The molecular weight excluding hydrogens is 254 g/mol. The lowest BCUT2D eigenvalue weighted by molar-refractivity contribution is -0.130. The van der Waals surface area contributed by atoms with Crippen molar-refractivity contribution >= 4 is 14.2 Å². The number of amides is 1. The Labute approximate surface area is 118 Å². The molecule has 1 atom stereocenters. The highest BCUT2D eigenvalue weighted by Gasteiger charge is 2.51. The Hall–Kier alpha value is -0.613. The van der Waals surface area contributed by atoms with E-state index in [1.165, 1.54) is 5.57 Å². The molecule has 0 spiro atoms. The minimum Gasteiger partial charge on any atom is -0.414 e. The van der Waals surface area contributed by atoms with Gasteiger partial charge in [-0.05, 0) is 31.0 Å². The smallest absolute Gasteiger partial charge is 0.223 e. The first-order valence-corrected chi connectivity index (χ1v) is 10.1. The maximum absolute atomic E-state index is 12.0. The van der Waals surface area contributed by atoms with Crippen LogP contribution in [0.3, 0.4) is 0 Å². The Morgan fingerprint density at radius 1 is 1.42 bits per heavy atom. The summed E-state index contributed by atoms with van der Waals surface area (Å²) >= 11 is 0. The maximum atomic E-state index is 12.0. The molecule has 1 amide bonds. The number of carbonyl (C=O) groups excluding carboxylic acids is 1. The predicted molar refractivity (Wildman–Crippen MR) is 80.6 cm³/mol. The van der Waals surface area contributed by atoms with Gasteiger partial charge in [0.25, 0.3) is 0 Å². The van der Waals surface area contributed by atoms with E-state index in [0.717, 1.165) is 19.4 Å². The van der Waals surface area contributed by atoms with Crippen LogP contribution in [0.15, 0.2) is 12.2 Å². The number of nitrogens with zero attached hydrogens (tertiary/aromatic N) is 1. The van der Waals surface area contributed by atoms with Gasteiger partial charge in [0.15, 0.2) is 8.32 Å². The number of hydrogen-bond acceptors (Lipinski definition) is 2. The van der Waals surface area contributed by atoms with Gasteiger partial charge in [-0.3, -0.25) is 4.79 Å². The van der Waals surface area contributed by atoms with E-state index in [1.54, 1.807) is 0 Å². The first kappa shape index (κ1) is 14.8. The van der Waals surface area contributed by atoms with Gasteiger partial charge < -0.3 is 9.33 Å². The lowest BCUT2D eigenvalue weighted by Gasteiger charge is -2.40. The average molecular weight is 281 g/mol. The third kappa shape index (κ3) is 2.52. The quantitative estimate of drug-likeness (QED) is 0.586. The monoisotopic (exact) mass is 281 g/mol. The lowest BCUT2D eigenvalue weighted by atomic mass is 9.94. The highest BCUT2D eigenvalue weighted by Crippen LogP contribution is 2.44. The molecule has 2 heterocycles. The first-order chi connectivity index (χ1) is 8.57. The van der Waals surface area contributed by atoms with Crippen LogP contribution in [0.2, 0.25) is 18.1 Å². The fourth-order valence-corrected chi connectivity index (χ4v) is 3.85. The molecule has 0 aromatic carbocycles. The molecule has 19 heavy (non-hydrogen) atoms. The zero-order valence-corrected chi connectivity index (χ0v) is 14.0. The standard InChI is InChI=1S/C15H27NO2Si/c1-12-9-15(8-7-13(17)16(15)10-12)11-18-19(5,6)14(2,3)4/h1,7-11H2,2-6H3/t15-/m0/s1. The lowest BCUT2D eigenvalue weighted by Crippen LogP contribution is -2.50. The van der Waals surface area contributed by atoms with Gasteiger partial charge in [-0.2, -0.15) is 0 Å². The molecule has 2 saturated heterocycles. The normalized spacial score (nSPS) is 28.2. The predicted octanol–water partition coefficient (Wildman–Crippen LogP) is 3.33. The van der Waals surface area contributed by atoms with Gasteiger partial charge >= 0.3 is 0 Å². The van der Waals surface area contributed by atoms with Crippen molar-refractivity contribution in [3.05, 3.63) is 12.2 Å². The van der Waals surface area contributed by atoms with Crippen molar-refractivity contribution < 1.29 is 9.22 Å². The van der Waals surface area contributed by atoms with Crippen molar-refractivity contribution in [1.82, 2.24) is 4.90 Å². The summed E-state index contributed by atoms with van der Waals surface area (Å²) < 4.78 is 6.38. The van der Waals surface area contributed by atoms with Gasteiger partial charge in [-0.15, -0.1) is 0 Å². The Morgan fingerprint density at radius 2 is 2.05 bits per heavy atom. The van der Waals surface area contributed by atoms with Crippen molar-refractivity contribution in [1.29, 1.82) is 0 Å². The molecule has 0 bridgehead atoms. The second-order valence-electron chi connectivity index (χ2n) is 7.68. The van der Waals surface area contributed by atoms with Gasteiger partial charge in [0.05, 0.1) is 12.1 Å². The van der Waals surface area contributed by atoms with Gasteiger partial charge in [-0.1, -0.05) is 32.9 Å². The highest BCUT2D eigenvalue weighted by molar-refractivity contribution is 6.74. The minimum atomic E-state index is -1.75. The van der Waals surface area contributed by atoms with Crippen LogP contribution in [0.5, 0.6) is 0 Å². The summed E-state index contributed by atoms with van der Waals surface area (Å²) in [5, 5.41) is 0.215.